The van der Waals surface area contributed by atoms with Crippen molar-refractivity contribution in [3.8, 4) is 5.75 Å². The number of hydrogen-bond acceptors (Lipinski definition) is 4. The Morgan fingerprint density at radius 1 is 1.00 bits per heavy atom. The van der Waals surface area contributed by atoms with Crippen molar-refractivity contribution in [3.63, 3.8) is 0 Å². The molecule has 0 aliphatic carbocycles. The zero-order valence-electron chi connectivity index (χ0n) is 18.3. The minimum Gasteiger partial charge on any atom is -0.494 e. The van der Waals surface area contributed by atoms with Gasteiger partial charge in [-0.3, -0.25) is 9.10 Å². The van der Waals surface area contributed by atoms with Crippen LogP contribution in [0.5, 0.6) is 5.75 Å². The van der Waals surface area contributed by atoms with Gasteiger partial charge in [-0.1, -0.05) is 24.3 Å². The molecule has 1 heterocycles. The van der Waals surface area contributed by atoms with Crippen molar-refractivity contribution in [1.29, 1.82) is 0 Å². The van der Waals surface area contributed by atoms with Gasteiger partial charge in [0.05, 0.1) is 17.2 Å². The molecule has 3 aromatic rings. The summed E-state index contributed by atoms with van der Waals surface area (Å²) in [5.74, 6) is -0.243. The first-order valence-electron chi connectivity index (χ1n) is 10.7. The van der Waals surface area contributed by atoms with Crippen LogP contribution in [0.3, 0.4) is 0 Å². The number of fused-ring (bicyclic) bond motifs is 1. The Morgan fingerprint density at radius 2 is 1.67 bits per heavy atom. The van der Waals surface area contributed by atoms with Gasteiger partial charge in [0.25, 0.3) is 10.0 Å². The van der Waals surface area contributed by atoms with Gasteiger partial charge in [-0.25, -0.2) is 12.8 Å². The van der Waals surface area contributed by atoms with Gasteiger partial charge >= 0.3 is 0 Å². The van der Waals surface area contributed by atoms with E-state index in [1.54, 1.807) is 29.2 Å². The van der Waals surface area contributed by atoms with Crippen LogP contribution >= 0.6 is 0 Å². The lowest BCUT2D eigenvalue weighted by atomic mass is 10.00. The molecule has 0 aromatic heterocycles. The number of hydrogen-bond donors (Lipinski definition) is 0. The fourth-order valence-electron chi connectivity index (χ4n) is 3.86. The molecule has 0 saturated carbocycles. The molecule has 0 spiro atoms. The van der Waals surface area contributed by atoms with Crippen molar-refractivity contribution in [1.82, 2.24) is 4.90 Å². The number of carbonyl (C=O) groups is 1. The maximum atomic E-state index is 13.5. The Hall–Kier alpha value is -3.39. The number of sulfonamides is 1. The third kappa shape index (κ3) is 5.01. The molecular weight excluding hydrogens is 443 g/mol. The minimum atomic E-state index is -4.11. The molecule has 0 fully saturated rings. The van der Waals surface area contributed by atoms with Gasteiger partial charge in [0.2, 0.25) is 5.91 Å². The Balaban J connectivity index is 1.64. The van der Waals surface area contributed by atoms with Crippen molar-refractivity contribution < 1.29 is 22.3 Å². The number of halogens is 1. The monoisotopic (exact) mass is 468 g/mol. The number of nitrogens with zero attached hydrogens (tertiary/aromatic N) is 2. The molecule has 3 aromatic carbocycles. The lowest BCUT2D eigenvalue weighted by Gasteiger charge is -2.32. The van der Waals surface area contributed by atoms with Crippen LogP contribution in [0.25, 0.3) is 0 Å². The molecule has 172 valence electrons. The van der Waals surface area contributed by atoms with E-state index in [2.05, 4.69) is 0 Å². The molecule has 1 aliphatic heterocycles. The zero-order chi connectivity index (χ0) is 23.4. The van der Waals surface area contributed by atoms with Crippen LogP contribution in [-0.4, -0.2) is 38.9 Å². The van der Waals surface area contributed by atoms with Crippen molar-refractivity contribution in [2.75, 3.05) is 24.0 Å². The van der Waals surface area contributed by atoms with Crippen LogP contribution < -0.4 is 9.04 Å². The molecular formula is C25H25FN2O4S. The van der Waals surface area contributed by atoms with E-state index < -0.39 is 15.8 Å². The molecule has 8 heteroatoms. The SMILES string of the molecule is CCOc1ccc(N(CC(=O)N2CCc3ccccc3C2)S(=O)(=O)c2ccc(F)cc2)cc1. The highest BCUT2D eigenvalue weighted by molar-refractivity contribution is 7.92. The van der Waals surface area contributed by atoms with Gasteiger partial charge in [-0.2, -0.15) is 0 Å². The first-order chi connectivity index (χ1) is 15.9. The van der Waals surface area contributed by atoms with Crippen molar-refractivity contribution >= 4 is 21.6 Å². The quantitative estimate of drug-likeness (QED) is 0.526. The lowest BCUT2D eigenvalue weighted by Crippen LogP contribution is -2.44. The first-order valence-corrected chi connectivity index (χ1v) is 12.2. The van der Waals surface area contributed by atoms with Gasteiger partial charge in [0.15, 0.2) is 0 Å². The van der Waals surface area contributed by atoms with E-state index in [0.717, 1.165) is 28.4 Å². The van der Waals surface area contributed by atoms with E-state index in [-0.39, 0.29) is 17.3 Å². The van der Waals surface area contributed by atoms with Crippen LogP contribution in [0.2, 0.25) is 0 Å². The van der Waals surface area contributed by atoms with Crippen LogP contribution in [0.4, 0.5) is 10.1 Å². The Bertz CT molecular complexity index is 1230. The molecule has 0 radical (unpaired) electrons. The predicted octanol–water partition coefficient (Wildman–Crippen LogP) is 4.00. The molecule has 0 N–H and O–H groups in total. The highest BCUT2D eigenvalue weighted by atomic mass is 32.2. The predicted molar refractivity (Wildman–Crippen MR) is 124 cm³/mol. The summed E-state index contributed by atoms with van der Waals surface area (Å²) in [7, 11) is -4.11. The number of amides is 1. The molecule has 0 unspecified atom stereocenters. The molecule has 1 amide bonds. The Morgan fingerprint density at radius 3 is 2.33 bits per heavy atom. The maximum absolute atomic E-state index is 13.5. The lowest BCUT2D eigenvalue weighted by molar-refractivity contribution is -0.130. The average Bonchev–Trinajstić information content (AvgIpc) is 2.83. The second-order valence-electron chi connectivity index (χ2n) is 7.73. The molecule has 0 saturated heterocycles. The molecule has 0 atom stereocenters. The largest absolute Gasteiger partial charge is 0.494 e. The van der Waals surface area contributed by atoms with E-state index in [4.69, 9.17) is 4.74 Å². The van der Waals surface area contributed by atoms with Crippen molar-refractivity contribution in [2.45, 2.75) is 24.8 Å². The number of benzene rings is 3. The van der Waals surface area contributed by atoms with Gasteiger partial charge in [0, 0.05) is 13.1 Å². The third-order valence-corrected chi connectivity index (χ3v) is 7.39. The van der Waals surface area contributed by atoms with Crippen LogP contribution in [0.15, 0.2) is 77.7 Å². The fraction of sp³-hybridized carbons (Fsp3) is 0.240. The summed E-state index contributed by atoms with van der Waals surface area (Å²) < 4.78 is 46.9. The zero-order valence-corrected chi connectivity index (χ0v) is 19.1. The summed E-state index contributed by atoms with van der Waals surface area (Å²) in [6, 6.07) is 19.0. The van der Waals surface area contributed by atoms with Gasteiger partial charge in [-0.15, -0.1) is 0 Å². The van der Waals surface area contributed by atoms with Crippen LogP contribution in [0.1, 0.15) is 18.1 Å². The summed E-state index contributed by atoms with van der Waals surface area (Å²) in [5.41, 5.74) is 2.59. The molecule has 1 aliphatic rings. The maximum Gasteiger partial charge on any atom is 0.264 e. The Kier molecular flexibility index (Phi) is 6.65. The van der Waals surface area contributed by atoms with Crippen molar-refractivity contribution in [2.24, 2.45) is 0 Å². The third-order valence-electron chi connectivity index (χ3n) is 5.60. The topological polar surface area (TPSA) is 66.9 Å². The van der Waals surface area contributed by atoms with Gasteiger partial charge < -0.3 is 9.64 Å². The highest BCUT2D eigenvalue weighted by Gasteiger charge is 2.30. The van der Waals surface area contributed by atoms with Gasteiger partial charge in [0.1, 0.15) is 18.1 Å². The molecule has 33 heavy (non-hydrogen) atoms. The van der Waals surface area contributed by atoms with E-state index in [1.807, 2.05) is 31.2 Å². The molecule has 6 nitrogen and oxygen atoms in total. The van der Waals surface area contributed by atoms with E-state index in [0.29, 0.717) is 31.1 Å². The molecule has 4 rings (SSSR count). The smallest absolute Gasteiger partial charge is 0.264 e. The van der Waals surface area contributed by atoms with E-state index in [9.17, 15) is 17.6 Å². The second-order valence-corrected chi connectivity index (χ2v) is 9.59. The Labute approximate surface area is 193 Å². The fourth-order valence-corrected chi connectivity index (χ4v) is 5.27. The average molecular weight is 469 g/mol. The standard InChI is InChI=1S/C25H25FN2O4S/c1-2-32-23-11-9-22(10-12-23)28(33(30,31)24-13-7-21(26)8-14-24)18-25(29)27-16-15-19-5-3-4-6-20(19)17-27/h3-14H,2,15-18H2,1H3. The van der Waals surface area contributed by atoms with Gasteiger partial charge in [-0.05, 0) is 73.0 Å². The van der Waals surface area contributed by atoms with E-state index in [1.165, 1.54) is 17.7 Å². The van der Waals surface area contributed by atoms with Crippen LogP contribution in [0, 0.1) is 5.82 Å². The number of rotatable bonds is 7. The second kappa shape index (κ2) is 9.62. The van der Waals surface area contributed by atoms with Crippen molar-refractivity contribution in [3.05, 3.63) is 89.7 Å². The number of carbonyl (C=O) groups excluding carboxylic acids is 1. The number of anilines is 1. The van der Waals surface area contributed by atoms with E-state index >= 15 is 0 Å². The summed E-state index contributed by atoms with van der Waals surface area (Å²) in [6.07, 6.45) is 0.718. The van der Waals surface area contributed by atoms with Crippen LogP contribution in [-0.2, 0) is 27.8 Å². The summed E-state index contributed by atoms with van der Waals surface area (Å²) in [4.78, 5) is 14.8. The normalized spacial score (nSPS) is 13.3. The summed E-state index contributed by atoms with van der Waals surface area (Å²) in [5, 5.41) is 0. The summed E-state index contributed by atoms with van der Waals surface area (Å²) in [6.45, 7) is 2.92. The molecule has 0 bridgehead atoms. The summed E-state index contributed by atoms with van der Waals surface area (Å²) >= 11 is 0. The highest BCUT2D eigenvalue weighted by Crippen LogP contribution is 2.27. The first kappa shape index (κ1) is 22.8. The minimum absolute atomic E-state index is 0.0884. The number of ether oxygens (including phenoxy) is 1.